The van der Waals surface area contributed by atoms with E-state index in [1.165, 1.54) is 6.07 Å². The fourth-order valence-electron chi connectivity index (χ4n) is 3.10. The van der Waals surface area contributed by atoms with Gasteiger partial charge in [0.2, 0.25) is 5.95 Å². The second kappa shape index (κ2) is 6.72. The summed E-state index contributed by atoms with van der Waals surface area (Å²) in [6.45, 7) is 2.61. The Labute approximate surface area is 150 Å². The summed E-state index contributed by atoms with van der Waals surface area (Å²) in [5, 5.41) is 13.3. The highest BCUT2D eigenvalue weighted by atomic mass is 19.1. The summed E-state index contributed by atoms with van der Waals surface area (Å²) in [7, 11) is 0. The molecule has 0 fully saturated rings. The Bertz CT molecular complexity index is 1070. The molecule has 2 aromatic carbocycles. The number of para-hydroxylation sites is 2. The molecule has 2 aromatic heterocycles. The number of hydrogen-bond donors (Lipinski definition) is 2. The van der Waals surface area contributed by atoms with Gasteiger partial charge in [0.25, 0.3) is 0 Å². The highest BCUT2D eigenvalue weighted by Crippen LogP contribution is 2.25. The molecule has 4 aromatic rings. The van der Waals surface area contributed by atoms with Crippen molar-refractivity contribution in [2.45, 2.75) is 19.6 Å². The van der Waals surface area contributed by atoms with Crippen molar-refractivity contribution in [1.82, 2.24) is 14.5 Å². The van der Waals surface area contributed by atoms with Crippen LogP contribution in [0.1, 0.15) is 12.5 Å². The molecule has 132 valence electrons. The van der Waals surface area contributed by atoms with Crippen LogP contribution in [0.5, 0.6) is 0 Å². The monoisotopic (exact) mass is 350 g/mol. The molecule has 0 saturated carbocycles. The van der Waals surface area contributed by atoms with Crippen LogP contribution in [0.4, 0.5) is 10.3 Å². The number of aliphatic hydroxyl groups is 1. The van der Waals surface area contributed by atoms with Gasteiger partial charge in [-0.2, -0.15) is 0 Å². The summed E-state index contributed by atoms with van der Waals surface area (Å²) in [5.41, 5.74) is 3.38. The molecular formula is C20H19FN4O. The minimum atomic E-state index is -0.489. The number of hydrogen-bond acceptors (Lipinski definition) is 4. The number of pyridine rings is 1. The number of rotatable bonds is 5. The van der Waals surface area contributed by atoms with Crippen molar-refractivity contribution in [2.75, 3.05) is 11.9 Å². The van der Waals surface area contributed by atoms with Crippen molar-refractivity contribution >= 4 is 27.9 Å². The zero-order valence-electron chi connectivity index (χ0n) is 14.4. The Morgan fingerprint density at radius 3 is 2.85 bits per heavy atom. The largest absolute Gasteiger partial charge is 0.392 e. The van der Waals surface area contributed by atoms with Gasteiger partial charge in [0.1, 0.15) is 5.82 Å². The van der Waals surface area contributed by atoms with E-state index in [2.05, 4.69) is 15.3 Å². The van der Waals surface area contributed by atoms with Crippen LogP contribution in [0.2, 0.25) is 0 Å². The molecule has 0 spiro atoms. The number of aliphatic hydroxyl groups excluding tert-OH is 1. The smallest absolute Gasteiger partial charge is 0.204 e. The van der Waals surface area contributed by atoms with E-state index in [1.807, 2.05) is 28.8 Å². The Morgan fingerprint density at radius 1 is 1.15 bits per heavy atom. The van der Waals surface area contributed by atoms with E-state index in [9.17, 15) is 9.50 Å². The highest BCUT2D eigenvalue weighted by molar-refractivity contribution is 5.83. The number of nitrogens with one attached hydrogen (secondary N) is 1. The first-order valence-corrected chi connectivity index (χ1v) is 8.53. The molecule has 0 amide bonds. The van der Waals surface area contributed by atoms with Gasteiger partial charge in [-0.1, -0.05) is 18.2 Å². The SMILES string of the molecule is C[C@@H](O)CNc1nc2ccccc2n1Cc1ccc(F)c2cccnc12. The summed E-state index contributed by atoms with van der Waals surface area (Å²) in [6.07, 6.45) is 1.18. The van der Waals surface area contributed by atoms with Gasteiger partial charge < -0.3 is 15.0 Å². The summed E-state index contributed by atoms with van der Waals surface area (Å²) < 4.78 is 16.1. The highest BCUT2D eigenvalue weighted by Gasteiger charge is 2.14. The van der Waals surface area contributed by atoms with E-state index < -0.39 is 6.10 Å². The van der Waals surface area contributed by atoms with Gasteiger partial charge in [-0.15, -0.1) is 0 Å². The second-order valence-corrected chi connectivity index (χ2v) is 6.35. The number of aromatic nitrogens is 3. The van der Waals surface area contributed by atoms with Gasteiger partial charge in [0, 0.05) is 18.1 Å². The maximum Gasteiger partial charge on any atom is 0.204 e. The molecule has 0 aliphatic rings. The van der Waals surface area contributed by atoms with Crippen LogP contribution in [-0.2, 0) is 6.54 Å². The third-order valence-corrected chi connectivity index (χ3v) is 4.34. The van der Waals surface area contributed by atoms with E-state index in [0.717, 1.165) is 16.6 Å². The molecule has 0 unspecified atom stereocenters. The average Bonchev–Trinajstić information content (AvgIpc) is 3.00. The van der Waals surface area contributed by atoms with Crippen molar-refractivity contribution < 1.29 is 9.50 Å². The molecule has 0 aliphatic heterocycles. The van der Waals surface area contributed by atoms with Crippen LogP contribution >= 0.6 is 0 Å². The summed E-state index contributed by atoms with van der Waals surface area (Å²) in [5.74, 6) is 0.389. The van der Waals surface area contributed by atoms with Crippen LogP contribution < -0.4 is 5.32 Å². The lowest BCUT2D eigenvalue weighted by Crippen LogP contribution is -2.18. The van der Waals surface area contributed by atoms with E-state index in [0.29, 0.717) is 29.9 Å². The number of fused-ring (bicyclic) bond motifs is 2. The predicted molar refractivity (Wildman–Crippen MR) is 101 cm³/mol. The van der Waals surface area contributed by atoms with Gasteiger partial charge in [-0.05, 0) is 42.8 Å². The van der Waals surface area contributed by atoms with E-state index in [-0.39, 0.29) is 5.82 Å². The molecule has 0 bridgehead atoms. The molecule has 2 heterocycles. The minimum absolute atomic E-state index is 0.278. The van der Waals surface area contributed by atoms with Gasteiger partial charge >= 0.3 is 0 Å². The topological polar surface area (TPSA) is 63.0 Å². The summed E-state index contributed by atoms with van der Waals surface area (Å²) >= 11 is 0. The second-order valence-electron chi connectivity index (χ2n) is 6.35. The van der Waals surface area contributed by atoms with E-state index in [1.54, 1.807) is 31.3 Å². The zero-order valence-corrected chi connectivity index (χ0v) is 14.4. The Balaban J connectivity index is 1.82. The minimum Gasteiger partial charge on any atom is -0.392 e. The first kappa shape index (κ1) is 16.5. The fourth-order valence-corrected chi connectivity index (χ4v) is 3.10. The maximum atomic E-state index is 14.1. The maximum absolute atomic E-state index is 14.1. The average molecular weight is 350 g/mol. The molecule has 0 saturated heterocycles. The number of benzene rings is 2. The number of nitrogens with zero attached hydrogens (tertiary/aromatic N) is 3. The third kappa shape index (κ3) is 2.99. The van der Waals surface area contributed by atoms with E-state index >= 15 is 0 Å². The van der Waals surface area contributed by atoms with E-state index in [4.69, 9.17) is 0 Å². The molecule has 26 heavy (non-hydrogen) atoms. The fraction of sp³-hybridized carbons (Fsp3) is 0.200. The normalized spacial score (nSPS) is 12.6. The van der Waals surface area contributed by atoms with Gasteiger partial charge in [-0.3, -0.25) is 4.98 Å². The number of imidazole rings is 1. The third-order valence-electron chi connectivity index (χ3n) is 4.34. The predicted octanol–water partition coefficient (Wildman–Crippen LogP) is 3.56. The molecule has 0 aliphatic carbocycles. The lowest BCUT2D eigenvalue weighted by molar-refractivity contribution is 0.208. The molecule has 5 nitrogen and oxygen atoms in total. The van der Waals surface area contributed by atoms with Crippen LogP contribution in [-0.4, -0.2) is 32.3 Å². The number of halogens is 1. The molecular weight excluding hydrogens is 331 g/mol. The van der Waals surface area contributed by atoms with Crippen LogP contribution in [0, 0.1) is 5.82 Å². The van der Waals surface area contributed by atoms with Crippen LogP contribution in [0.3, 0.4) is 0 Å². The van der Waals surface area contributed by atoms with Crippen molar-refractivity contribution in [1.29, 1.82) is 0 Å². The first-order chi connectivity index (χ1) is 12.6. The van der Waals surface area contributed by atoms with Crippen molar-refractivity contribution in [2.24, 2.45) is 0 Å². The quantitative estimate of drug-likeness (QED) is 0.578. The Hall–Kier alpha value is -2.99. The van der Waals surface area contributed by atoms with Crippen LogP contribution in [0.15, 0.2) is 54.7 Å². The zero-order chi connectivity index (χ0) is 18.1. The summed E-state index contributed by atoms with van der Waals surface area (Å²) in [6, 6.07) is 14.5. The van der Waals surface area contributed by atoms with Crippen LogP contribution in [0.25, 0.3) is 21.9 Å². The lowest BCUT2D eigenvalue weighted by Gasteiger charge is -2.13. The number of anilines is 1. The molecule has 1 atom stereocenters. The lowest BCUT2D eigenvalue weighted by atomic mass is 10.1. The molecule has 4 rings (SSSR count). The van der Waals surface area contributed by atoms with Crippen molar-refractivity contribution in [3.05, 3.63) is 66.1 Å². The Morgan fingerprint density at radius 2 is 2.00 bits per heavy atom. The van der Waals surface area contributed by atoms with Crippen molar-refractivity contribution in [3.63, 3.8) is 0 Å². The Kier molecular flexibility index (Phi) is 4.26. The van der Waals surface area contributed by atoms with Gasteiger partial charge in [-0.25, -0.2) is 9.37 Å². The summed E-state index contributed by atoms with van der Waals surface area (Å²) in [4.78, 5) is 9.00. The standard InChI is InChI=1S/C20H19FN4O/c1-13(26)11-23-20-24-17-6-2-3-7-18(17)25(20)12-14-8-9-16(21)15-5-4-10-22-19(14)15/h2-10,13,26H,11-12H2,1H3,(H,23,24)/t13-/m1/s1. The van der Waals surface area contributed by atoms with Gasteiger partial charge in [0.15, 0.2) is 0 Å². The molecule has 6 heteroatoms. The van der Waals surface area contributed by atoms with Crippen molar-refractivity contribution in [3.8, 4) is 0 Å². The first-order valence-electron chi connectivity index (χ1n) is 8.53. The molecule has 2 N–H and O–H groups in total. The van der Waals surface area contributed by atoms with Gasteiger partial charge in [0.05, 0.1) is 29.2 Å². The molecule has 0 radical (unpaired) electrons.